The molecular weight excluding hydrogens is 316 g/mol. The van der Waals surface area contributed by atoms with Gasteiger partial charge in [0.25, 0.3) is 0 Å². The highest BCUT2D eigenvalue weighted by Gasteiger charge is 2.26. The van der Waals surface area contributed by atoms with Crippen LogP contribution < -0.4 is 27.8 Å². The summed E-state index contributed by atoms with van der Waals surface area (Å²) in [6, 6.07) is -2.76. The lowest BCUT2D eigenvalue weighted by Crippen LogP contribution is -2.54. The van der Waals surface area contributed by atoms with Crippen molar-refractivity contribution >= 4 is 23.7 Å². The average Bonchev–Trinajstić information content (AvgIpc) is 2.48. The number of nitrogens with two attached hydrogens (primary N) is 3. The Morgan fingerprint density at radius 1 is 1.08 bits per heavy atom. The fraction of sp³-hybridized carbons (Fsp3) is 0.714. The number of aliphatic imine (C=N–C) groups is 1. The summed E-state index contributed by atoms with van der Waals surface area (Å²) in [6.07, 6.45) is 0.667. The first-order chi connectivity index (χ1) is 11.1. The molecule has 0 saturated carbocycles. The highest BCUT2D eigenvalue weighted by molar-refractivity contribution is 5.91. The lowest BCUT2D eigenvalue weighted by Gasteiger charge is -2.23. The minimum atomic E-state index is -1.17. The van der Waals surface area contributed by atoms with Crippen LogP contribution in [-0.4, -0.2) is 53.5 Å². The van der Waals surface area contributed by atoms with E-state index >= 15 is 0 Å². The third-order valence-corrected chi connectivity index (χ3v) is 3.33. The molecule has 0 heterocycles. The second kappa shape index (κ2) is 10.4. The Morgan fingerprint density at radius 2 is 1.67 bits per heavy atom. The van der Waals surface area contributed by atoms with Crippen molar-refractivity contribution in [3.8, 4) is 0 Å². The third kappa shape index (κ3) is 8.32. The zero-order valence-electron chi connectivity index (χ0n) is 14.3. The number of carboxylic acid groups (broad SMARTS) is 1. The molecule has 10 nitrogen and oxygen atoms in total. The molecular formula is C14H28N6O4. The Kier molecular flexibility index (Phi) is 9.40. The molecule has 10 heteroatoms. The van der Waals surface area contributed by atoms with Gasteiger partial charge in [-0.2, -0.15) is 0 Å². The summed E-state index contributed by atoms with van der Waals surface area (Å²) in [7, 11) is 0. The van der Waals surface area contributed by atoms with E-state index in [1.165, 1.54) is 6.92 Å². The molecule has 0 radical (unpaired) electrons. The lowest BCUT2D eigenvalue weighted by molar-refractivity contribution is -0.141. The first kappa shape index (κ1) is 21.6. The van der Waals surface area contributed by atoms with Gasteiger partial charge in [0.2, 0.25) is 11.8 Å². The van der Waals surface area contributed by atoms with E-state index in [9.17, 15) is 14.4 Å². The van der Waals surface area contributed by atoms with Crippen LogP contribution >= 0.6 is 0 Å². The van der Waals surface area contributed by atoms with Gasteiger partial charge in [0.05, 0.1) is 6.04 Å². The first-order valence-corrected chi connectivity index (χ1v) is 7.70. The zero-order chi connectivity index (χ0) is 18.9. The number of carboxylic acids is 1. The molecule has 0 aromatic carbocycles. The second-order valence-electron chi connectivity index (χ2n) is 5.85. The minimum Gasteiger partial charge on any atom is -0.480 e. The maximum Gasteiger partial charge on any atom is 0.325 e. The summed E-state index contributed by atoms with van der Waals surface area (Å²) < 4.78 is 0. The number of amides is 2. The Hall–Kier alpha value is -2.36. The molecule has 2 amide bonds. The summed E-state index contributed by atoms with van der Waals surface area (Å²) in [5, 5.41) is 13.7. The van der Waals surface area contributed by atoms with Crippen molar-refractivity contribution in [1.82, 2.24) is 10.6 Å². The number of hydrogen-bond donors (Lipinski definition) is 6. The number of nitrogens with zero attached hydrogens (tertiary/aromatic N) is 1. The van der Waals surface area contributed by atoms with Crippen LogP contribution in [0.25, 0.3) is 0 Å². The van der Waals surface area contributed by atoms with Crippen molar-refractivity contribution in [1.29, 1.82) is 0 Å². The molecule has 0 aromatic heterocycles. The highest BCUT2D eigenvalue weighted by atomic mass is 16.4. The van der Waals surface area contributed by atoms with Gasteiger partial charge in [-0.1, -0.05) is 13.8 Å². The van der Waals surface area contributed by atoms with Crippen molar-refractivity contribution in [2.24, 2.45) is 28.1 Å². The topological polar surface area (TPSA) is 186 Å². The summed E-state index contributed by atoms with van der Waals surface area (Å²) in [5.41, 5.74) is 16.2. The highest BCUT2D eigenvalue weighted by Crippen LogP contribution is 2.03. The molecule has 0 aromatic rings. The lowest BCUT2D eigenvalue weighted by atomic mass is 10.0. The van der Waals surface area contributed by atoms with Gasteiger partial charge in [-0.3, -0.25) is 19.4 Å². The Balaban J connectivity index is 4.87. The van der Waals surface area contributed by atoms with Crippen LogP contribution in [0, 0.1) is 5.92 Å². The molecule has 3 unspecified atom stereocenters. The van der Waals surface area contributed by atoms with Crippen LogP contribution in [0.2, 0.25) is 0 Å². The molecule has 3 atom stereocenters. The monoisotopic (exact) mass is 344 g/mol. The number of carbonyl (C=O) groups excluding carboxylic acids is 2. The van der Waals surface area contributed by atoms with Crippen molar-refractivity contribution in [3.05, 3.63) is 0 Å². The predicted octanol–water partition coefficient (Wildman–Crippen LogP) is -1.90. The van der Waals surface area contributed by atoms with Gasteiger partial charge in [-0.25, -0.2) is 0 Å². The molecule has 0 rings (SSSR count). The summed E-state index contributed by atoms with van der Waals surface area (Å²) >= 11 is 0. The van der Waals surface area contributed by atoms with E-state index < -0.39 is 35.9 Å². The molecule has 24 heavy (non-hydrogen) atoms. The predicted molar refractivity (Wildman–Crippen MR) is 89.9 cm³/mol. The van der Waals surface area contributed by atoms with Crippen molar-refractivity contribution in [2.45, 2.75) is 51.7 Å². The Morgan fingerprint density at radius 3 is 2.12 bits per heavy atom. The van der Waals surface area contributed by atoms with E-state index in [1.54, 1.807) is 13.8 Å². The number of nitrogens with one attached hydrogen (secondary N) is 2. The number of guanidine groups is 1. The summed E-state index contributed by atoms with van der Waals surface area (Å²) in [6.45, 7) is 5.18. The minimum absolute atomic E-state index is 0.0682. The Bertz CT molecular complexity index is 476. The van der Waals surface area contributed by atoms with Gasteiger partial charge in [0.1, 0.15) is 12.1 Å². The maximum absolute atomic E-state index is 12.2. The molecule has 0 spiro atoms. The molecule has 0 aliphatic heterocycles. The maximum atomic E-state index is 12.2. The van der Waals surface area contributed by atoms with Crippen molar-refractivity contribution < 1.29 is 19.5 Å². The van der Waals surface area contributed by atoms with Crippen LogP contribution in [-0.2, 0) is 14.4 Å². The third-order valence-electron chi connectivity index (χ3n) is 3.33. The molecule has 0 aliphatic carbocycles. The molecule has 138 valence electrons. The van der Waals surface area contributed by atoms with Gasteiger partial charge in [-0.05, 0) is 25.7 Å². The zero-order valence-corrected chi connectivity index (χ0v) is 14.3. The number of carbonyl (C=O) groups is 3. The second-order valence-corrected chi connectivity index (χ2v) is 5.85. The Labute approximate surface area is 141 Å². The number of aliphatic carboxylic acids is 1. The molecule has 0 aliphatic rings. The first-order valence-electron chi connectivity index (χ1n) is 7.70. The van der Waals surface area contributed by atoms with Gasteiger partial charge in [0, 0.05) is 6.54 Å². The van der Waals surface area contributed by atoms with Crippen molar-refractivity contribution in [2.75, 3.05) is 6.54 Å². The molecule has 0 fully saturated rings. The number of hydrogen-bond acceptors (Lipinski definition) is 5. The standard InChI is InChI=1S/C14H28N6O4/c1-7(2)10(15)12(22)20-9(5-4-6-18-14(16)17)11(21)19-8(3)13(23)24/h7-10H,4-6,15H2,1-3H3,(H,19,21)(H,20,22)(H,23,24)(H4,16,17,18). The van der Waals surface area contributed by atoms with Crippen LogP contribution in [0.1, 0.15) is 33.6 Å². The summed E-state index contributed by atoms with van der Waals surface area (Å²) in [5.74, 6) is -2.42. The van der Waals surface area contributed by atoms with Gasteiger partial charge >= 0.3 is 5.97 Å². The van der Waals surface area contributed by atoms with Gasteiger partial charge < -0.3 is 32.9 Å². The fourth-order valence-electron chi connectivity index (χ4n) is 1.72. The largest absolute Gasteiger partial charge is 0.480 e. The van der Waals surface area contributed by atoms with Crippen LogP contribution in [0.5, 0.6) is 0 Å². The van der Waals surface area contributed by atoms with E-state index in [0.29, 0.717) is 6.42 Å². The smallest absolute Gasteiger partial charge is 0.325 e. The van der Waals surface area contributed by atoms with Gasteiger partial charge in [-0.15, -0.1) is 0 Å². The molecule has 0 bridgehead atoms. The van der Waals surface area contributed by atoms with Crippen LogP contribution in [0.15, 0.2) is 4.99 Å². The van der Waals surface area contributed by atoms with Gasteiger partial charge in [0.15, 0.2) is 5.96 Å². The van der Waals surface area contributed by atoms with E-state index in [2.05, 4.69) is 15.6 Å². The normalized spacial score (nSPS) is 14.4. The summed E-state index contributed by atoms with van der Waals surface area (Å²) in [4.78, 5) is 38.9. The fourth-order valence-corrected chi connectivity index (χ4v) is 1.72. The number of rotatable bonds is 10. The van der Waals surface area contributed by atoms with Crippen molar-refractivity contribution in [3.63, 3.8) is 0 Å². The molecule has 0 saturated heterocycles. The van der Waals surface area contributed by atoms with E-state index in [4.69, 9.17) is 22.3 Å². The molecule has 9 N–H and O–H groups in total. The SMILES string of the molecule is CC(NC(=O)C(CCCN=C(N)N)NC(=O)C(N)C(C)C)C(=O)O. The van der Waals surface area contributed by atoms with E-state index in [-0.39, 0.29) is 24.8 Å². The van der Waals surface area contributed by atoms with Crippen LogP contribution in [0.4, 0.5) is 0 Å². The van der Waals surface area contributed by atoms with E-state index in [0.717, 1.165) is 0 Å². The quantitative estimate of drug-likeness (QED) is 0.152. The van der Waals surface area contributed by atoms with E-state index in [1.807, 2.05) is 0 Å². The average molecular weight is 344 g/mol. The van der Waals surface area contributed by atoms with Crippen LogP contribution in [0.3, 0.4) is 0 Å².